The van der Waals surface area contributed by atoms with Crippen molar-refractivity contribution in [1.29, 1.82) is 0 Å². The highest BCUT2D eigenvalue weighted by Gasteiger charge is 2.28. The van der Waals surface area contributed by atoms with Gasteiger partial charge in [0.2, 0.25) is 0 Å². The van der Waals surface area contributed by atoms with Gasteiger partial charge in [0.15, 0.2) is 5.82 Å². The van der Waals surface area contributed by atoms with Crippen molar-refractivity contribution in [2.45, 2.75) is 38.3 Å². The molecule has 2 aliphatic carbocycles. The number of nitrogens with zero attached hydrogens (tertiary/aromatic N) is 3. The fourth-order valence-corrected chi connectivity index (χ4v) is 3.29. The van der Waals surface area contributed by atoms with Crippen molar-refractivity contribution >= 4 is 5.91 Å². The third-order valence-corrected chi connectivity index (χ3v) is 5.21. The second-order valence-electron chi connectivity index (χ2n) is 7.62. The van der Waals surface area contributed by atoms with Gasteiger partial charge in [-0.05, 0) is 37.7 Å². The summed E-state index contributed by atoms with van der Waals surface area (Å²) in [5.74, 6) is 1.45. The van der Waals surface area contributed by atoms with Gasteiger partial charge < -0.3 is 9.88 Å². The van der Waals surface area contributed by atoms with Crippen LogP contribution in [0.4, 0.5) is 0 Å². The highest BCUT2D eigenvalue weighted by atomic mass is 16.2. The molecule has 2 saturated carbocycles. The van der Waals surface area contributed by atoms with E-state index in [-0.39, 0.29) is 5.91 Å². The third-order valence-electron chi connectivity index (χ3n) is 5.21. The molecule has 136 valence electrons. The Morgan fingerprint density at radius 3 is 2.41 bits per heavy atom. The summed E-state index contributed by atoms with van der Waals surface area (Å²) >= 11 is 0. The normalized spacial score (nSPS) is 16.3. The molecule has 1 amide bonds. The van der Waals surface area contributed by atoms with Crippen molar-refractivity contribution in [3.05, 3.63) is 60.7 Å². The van der Waals surface area contributed by atoms with E-state index < -0.39 is 0 Å². The van der Waals surface area contributed by atoms with Crippen LogP contribution in [-0.2, 0) is 6.54 Å². The van der Waals surface area contributed by atoms with Crippen molar-refractivity contribution < 1.29 is 4.79 Å². The quantitative estimate of drug-likeness (QED) is 0.727. The number of amides is 1. The number of hydrogen-bond donors (Lipinski definition) is 1. The molecule has 2 heterocycles. The number of aromatic nitrogens is 3. The Kier molecular flexibility index (Phi) is 4.00. The number of carbonyl (C=O) groups excluding carboxylic acids is 1. The predicted molar refractivity (Wildman–Crippen MR) is 104 cm³/mol. The number of hydrogen-bond acceptors (Lipinski definition) is 3. The standard InChI is InChI=1S/C22H22N4O/c27-22(25-19-8-9-19)20-10-17(14-26(20)13-15-6-7-15)18-11-23-21(24-12-18)16-4-2-1-3-5-16/h1-5,10-12,14-15,19H,6-9,13H2,(H,25,27). The van der Waals surface area contributed by atoms with Gasteiger partial charge in [-0.15, -0.1) is 0 Å². The molecule has 2 aliphatic rings. The molecule has 5 nitrogen and oxygen atoms in total. The summed E-state index contributed by atoms with van der Waals surface area (Å²) < 4.78 is 2.11. The molecule has 0 radical (unpaired) electrons. The molecule has 2 fully saturated rings. The number of carbonyl (C=O) groups is 1. The molecule has 0 atom stereocenters. The Labute approximate surface area is 158 Å². The summed E-state index contributed by atoms with van der Waals surface area (Å²) in [6.07, 6.45) is 10.5. The maximum atomic E-state index is 12.6. The molecule has 2 aromatic heterocycles. The summed E-state index contributed by atoms with van der Waals surface area (Å²) in [4.78, 5) is 21.7. The van der Waals surface area contributed by atoms with Crippen molar-refractivity contribution in [1.82, 2.24) is 19.9 Å². The molecule has 0 bridgehead atoms. The van der Waals surface area contributed by atoms with Crippen LogP contribution in [0.15, 0.2) is 55.0 Å². The fourth-order valence-electron chi connectivity index (χ4n) is 3.29. The van der Waals surface area contributed by atoms with E-state index in [9.17, 15) is 4.79 Å². The highest BCUT2D eigenvalue weighted by molar-refractivity contribution is 5.94. The van der Waals surface area contributed by atoms with Crippen molar-refractivity contribution in [2.75, 3.05) is 0 Å². The Morgan fingerprint density at radius 1 is 1.00 bits per heavy atom. The van der Waals surface area contributed by atoms with E-state index in [0.717, 1.165) is 41.8 Å². The zero-order chi connectivity index (χ0) is 18.2. The maximum absolute atomic E-state index is 12.6. The first-order valence-corrected chi connectivity index (χ1v) is 9.65. The van der Waals surface area contributed by atoms with E-state index >= 15 is 0 Å². The maximum Gasteiger partial charge on any atom is 0.268 e. The topological polar surface area (TPSA) is 59.8 Å². The summed E-state index contributed by atoms with van der Waals surface area (Å²) in [6, 6.07) is 12.3. The minimum atomic E-state index is 0.0335. The third kappa shape index (κ3) is 3.63. The summed E-state index contributed by atoms with van der Waals surface area (Å²) in [5, 5.41) is 3.11. The summed E-state index contributed by atoms with van der Waals surface area (Å²) in [6.45, 7) is 0.913. The molecule has 1 N–H and O–H groups in total. The van der Waals surface area contributed by atoms with Gasteiger partial charge in [0, 0.05) is 47.9 Å². The van der Waals surface area contributed by atoms with E-state index in [1.807, 2.05) is 48.8 Å². The molecule has 5 rings (SSSR count). The minimum Gasteiger partial charge on any atom is -0.348 e. The average Bonchev–Trinajstić information content (AvgIpc) is 3.63. The van der Waals surface area contributed by atoms with Crippen LogP contribution in [-0.4, -0.2) is 26.5 Å². The zero-order valence-electron chi connectivity index (χ0n) is 15.1. The van der Waals surface area contributed by atoms with E-state index in [1.54, 1.807) is 0 Å². The SMILES string of the molecule is O=C(NC1CC1)c1cc(-c2cnc(-c3ccccc3)nc2)cn1CC1CC1. The van der Waals surface area contributed by atoms with E-state index in [1.165, 1.54) is 12.8 Å². The molecule has 3 aromatic rings. The lowest BCUT2D eigenvalue weighted by Crippen LogP contribution is -2.27. The van der Waals surface area contributed by atoms with Gasteiger partial charge in [-0.1, -0.05) is 30.3 Å². The Balaban J connectivity index is 1.43. The second kappa shape index (κ2) is 6.65. The van der Waals surface area contributed by atoms with Crippen molar-refractivity contribution in [2.24, 2.45) is 5.92 Å². The van der Waals surface area contributed by atoms with Crippen LogP contribution in [0, 0.1) is 5.92 Å². The lowest BCUT2D eigenvalue weighted by atomic mass is 10.1. The van der Waals surface area contributed by atoms with Crippen molar-refractivity contribution in [3.8, 4) is 22.5 Å². The van der Waals surface area contributed by atoms with Gasteiger partial charge in [0.25, 0.3) is 5.91 Å². The molecule has 5 heteroatoms. The van der Waals surface area contributed by atoms with Gasteiger partial charge in [-0.25, -0.2) is 9.97 Å². The van der Waals surface area contributed by atoms with E-state index in [4.69, 9.17) is 0 Å². The Hall–Kier alpha value is -2.95. The number of rotatable bonds is 6. The largest absolute Gasteiger partial charge is 0.348 e. The highest BCUT2D eigenvalue weighted by Crippen LogP contribution is 2.33. The zero-order valence-corrected chi connectivity index (χ0v) is 15.1. The molecular formula is C22H22N4O. The summed E-state index contributed by atoms with van der Waals surface area (Å²) in [7, 11) is 0. The molecule has 0 aliphatic heterocycles. The average molecular weight is 358 g/mol. The van der Waals surface area contributed by atoms with E-state index in [2.05, 4.69) is 26.0 Å². The van der Waals surface area contributed by atoms with Crippen LogP contribution in [0.3, 0.4) is 0 Å². The lowest BCUT2D eigenvalue weighted by molar-refractivity contribution is 0.0941. The molecule has 27 heavy (non-hydrogen) atoms. The van der Waals surface area contributed by atoms with Crippen LogP contribution in [0.25, 0.3) is 22.5 Å². The lowest BCUT2D eigenvalue weighted by Gasteiger charge is -2.08. The molecule has 0 unspecified atom stereocenters. The first kappa shape index (κ1) is 16.2. The van der Waals surface area contributed by atoms with Gasteiger partial charge in [-0.2, -0.15) is 0 Å². The van der Waals surface area contributed by atoms with Gasteiger partial charge >= 0.3 is 0 Å². The van der Waals surface area contributed by atoms with Gasteiger partial charge in [0.1, 0.15) is 5.69 Å². The predicted octanol–water partition coefficient (Wildman–Crippen LogP) is 3.91. The molecular weight excluding hydrogens is 336 g/mol. The fraction of sp³-hybridized carbons (Fsp3) is 0.318. The smallest absolute Gasteiger partial charge is 0.268 e. The molecule has 0 spiro atoms. The monoisotopic (exact) mass is 358 g/mol. The number of benzene rings is 1. The van der Waals surface area contributed by atoms with Gasteiger partial charge in [-0.3, -0.25) is 4.79 Å². The molecule has 0 saturated heterocycles. The minimum absolute atomic E-state index is 0.0335. The van der Waals surface area contributed by atoms with Crippen LogP contribution in [0.5, 0.6) is 0 Å². The van der Waals surface area contributed by atoms with E-state index in [0.29, 0.717) is 17.8 Å². The second-order valence-corrected chi connectivity index (χ2v) is 7.62. The van der Waals surface area contributed by atoms with Crippen LogP contribution in [0.2, 0.25) is 0 Å². The Morgan fingerprint density at radius 2 is 1.74 bits per heavy atom. The first-order chi connectivity index (χ1) is 13.3. The van der Waals surface area contributed by atoms with Crippen LogP contribution in [0.1, 0.15) is 36.2 Å². The number of nitrogens with one attached hydrogen (secondary N) is 1. The first-order valence-electron chi connectivity index (χ1n) is 9.65. The summed E-state index contributed by atoms with van der Waals surface area (Å²) in [5.41, 5.74) is 3.68. The van der Waals surface area contributed by atoms with Crippen LogP contribution >= 0.6 is 0 Å². The van der Waals surface area contributed by atoms with Gasteiger partial charge in [0.05, 0.1) is 0 Å². The van der Waals surface area contributed by atoms with Crippen LogP contribution < -0.4 is 5.32 Å². The molecule has 1 aromatic carbocycles. The Bertz CT molecular complexity index is 954. The van der Waals surface area contributed by atoms with Crippen molar-refractivity contribution in [3.63, 3.8) is 0 Å².